The van der Waals surface area contributed by atoms with Crippen molar-refractivity contribution in [2.75, 3.05) is 38.2 Å². The third kappa shape index (κ3) is 3.52. The Labute approximate surface area is 139 Å². The van der Waals surface area contributed by atoms with Gasteiger partial charge in [-0.25, -0.2) is 4.79 Å². The predicted octanol–water partition coefficient (Wildman–Crippen LogP) is 3.10. The minimum absolute atomic E-state index is 0.240. The van der Waals surface area contributed by atoms with E-state index in [-0.39, 0.29) is 5.97 Å². The minimum atomic E-state index is -0.240. The Kier molecular flexibility index (Phi) is 5.21. The van der Waals surface area contributed by atoms with Crippen molar-refractivity contribution in [2.24, 2.45) is 0 Å². The van der Waals surface area contributed by atoms with Gasteiger partial charge in [0.1, 0.15) is 0 Å². The number of nitrogens with zero attached hydrogens (tertiary/aromatic N) is 2. The van der Waals surface area contributed by atoms with Gasteiger partial charge in [-0.3, -0.25) is 0 Å². The first kappa shape index (κ1) is 16.3. The summed E-state index contributed by atoms with van der Waals surface area (Å²) in [6.45, 7) is 7.03. The number of hydrogen-bond donors (Lipinski definition) is 0. The molecule has 1 saturated heterocycles. The average Bonchev–Trinajstić information content (AvgIpc) is 3.02. The standard InChI is InChI=1S/C19H28N2O2/c1-3-4-10-20-11-8-17(9-12-20)21-13-7-15-14-16(19(22)23-2)5-6-18(15)21/h5-6,14,17H,3-4,7-13H2,1-2H3. The molecule has 4 heteroatoms. The van der Waals surface area contributed by atoms with Crippen LogP contribution in [-0.4, -0.2) is 50.2 Å². The second kappa shape index (κ2) is 7.35. The van der Waals surface area contributed by atoms with Crippen LogP contribution in [0.5, 0.6) is 0 Å². The molecule has 23 heavy (non-hydrogen) atoms. The molecule has 2 aliphatic rings. The molecule has 0 bridgehead atoms. The lowest BCUT2D eigenvalue weighted by atomic mass is 10.0. The Bertz CT molecular complexity index is 550. The van der Waals surface area contributed by atoms with E-state index in [9.17, 15) is 4.79 Å². The molecule has 0 unspecified atom stereocenters. The Balaban J connectivity index is 1.63. The fraction of sp³-hybridized carbons (Fsp3) is 0.632. The van der Waals surface area contributed by atoms with E-state index in [2.05, 4.69) is 22.8 Å². The molecule has 126 valence electrons. The monoisotopic (exact) mass is 316 g/mol. The van der Waals surface area contributed by atoms with E-state index in [1.54, 1.807) is 0 Å². The van der Waals surface area contributed by atoms with Crippen LogP contribution in [0.25, 0.3) is 0 Å². The maximum atomic E-state index is 11.7. The van der Waals surface area contributed by atoms with E-state index in [0.717, 1.165) is 13.0 Å². The molecule has 0 N–H and O–H groups in total. The van der Waals surface area contributed by atoms with Gasteiger partial charge >= 0.3 is 5.97 Å². The molecule has 0 spiro atoms. The Morgan fingerprint density at radius 3 is 2.74 bits per heavy atom. The molecule has 0 aromatic heterocycles. The molecule has 1 aromatic rings. The van der Waals surface area contributed by atoms with Gasteiger partial charge in [-0.2, -0.15) is 0 Å². The number of piperidine rings is 1. The van der Waals surface area contributed by atoms with Crippen LogP contribution >= 0.6 is 0 Å². The van der Waals surface area contributed by atoms with Gasteiger partial charge in [0.05, 0.1) is 12.7 Å². The van der Waals surface area contributed by atoms with Gasteiger partial charge < -0.3 is 14.5 Å². The number of methoxy groups -OCH3 is 1. The molecule has 1 aromatic carbocycles. The lowest BCUT2D eigenvalue weighted by Crippen LogP contribution is -2.44. The molecule has 1 fully saturated rings. The summed E-state index contributed by atoms with van der Waals surface area (Å²) >= 11 is 0. The highest BCUT2D eigenvalue weighted by Crippen LogP contribution is 2.33. The van der Waals surface area contributed by atoms with E-state index in [4.69, 9.17) is 4.74 Å². The number of benzene rings is 1. The summed E-state index contributed by atoms with van der Waals surface area (Å²) in [5, 5.41) is 0. The largest absolute Gasteiger partial charge is 0.465 e. The van der Waals surface area contributed by atoms with Crippen LogP contribution < -0.4 is 4.90 Å². The first-order valence-corrected chi connectivity index (χ1v) is 8.93. The summed E-state index contributed by atoms with van der Waals surface area (Å²) in [4.78, 5) is 16.8. The van der Waals surface area contributed by atoms with Gasteiger partial charge in [-0.05, 0) is 56.0 Å². The highest BCUT2D eigenvalue weighted by Gasteiger charge is 2.29. The normalized spacial score (nSPS) is 19.0. The van der Waals surface area contributed by atoms with Crippen LogP contribution in [-0.2, 0) is 11.2 Å². The Morgan fingerprint density at radius 2 is 2.04 bits per heavy atom. The lowest BCUT2D eigenvalue weighted by molar-refractivity contribution is 0.0600. The third-order valence-electron chi connectivity index (χ3n) is 5.26. The molecular weight excluding hydrogens is 288 g/mol. The number of hydrogen-bond acceptors (Lipinski definition) is 4. The van der Waals surface area contributed by atoms with E-state index >= 15 is 0 Å². The summed E-state index contributed by atoms with van der Waals surface area (Å²) in [6.07, 6.45) is 6.13. The zero-order valence-electron chi connectivity index (χ0n) is 14.4. The number of likely N-dealkylation sites (tertiary alicyclic amines) is 1. The fourth-order valence-electron chi connectivity index (χ4n) is 3.89. The van der Waals surface area contributed by atoms with Gasteiger partial charge in [0.2, 0.25) is 0 Å². The molecule has 2 heterocycles. The molecule has 2 aliphatic heterocycles. The summed E-state index contributed by atoms with van der Waals surface area (Å²) < 4.78 is 4.83. The number of anilines is 1. The second-order valence-corrected chi connectivity index (χ2v) is 6.70. The number of rotatable bonds is 5. The summed E-state index contributed by atoms with van der Waals surface area (Å²) in [6, 6.07) is 6.67. The summed E-state index contributed by atoms with van der Waals surface area (Å²) in [7, 11) is 1.44. The maximum Gasteiger partial charge on any atom is 0.337 e. The van der Waals surface area contributed by atoms with Crippen molar-refractivity contribution in [3.05, 3.63) is 29.3 Å². The van der Waals surface area contributed by atoms with E-state index < -0.39 is 0 Å². The van der Waals surface area contributed by atoms with Crippen LogP contribution in [0.2, 0.25) is 0 Å². The third-order valence-corrected chi connectivity index (χ3v) is 5.26. The van der Waals surface area contributed by atoms with Crippen molar-refractivity contribution in [3.63, 3.8) is 0 Å². The Hall–Kier alpha value is -1.55. The highest BCUT2D eigenvalue weighted by atomic mass is 16.5. The van der Waals surface area contributed by atoms with Gasteiger partial charge in [0.15, 0.2) is 0 Å². The van der Waals surface area contributed by atoms with E-state index in [0.29, 0.717) is 11.6 Å². The van der Waals surface area contributed by atoms with Gasteiger partial charge in [-0.15, -0.1) is 0 Å². The van der Waals surface area contributed by atoms with Gasteiger partial charge in [-0.1, -0.05) is 13.3 Å². The molecule has 0 amide bonds. The van der Waals surface area contributed by atoms with Crippen LogP contribution in [0.1, 0.15) is 48.5 Å². The second-order valence-electron chi connectivity index (χ2n) is 6.70. The number of carbonyl (C=O) groups excluding carboxylic acids is 1. The fourth-order valence-corrected chi connectivity index (χ4v) is 3.89. The van der Waals surface area contributed by atoms with Crippen molar-refractivity contribution in [3.8, 4) is 0 Å². The van der Waals surface area contributed by atoms with Crippen molar-refractivity contribution in [1.82, 2.24) is 4.90 Å². The molecule has 0 saturated carbocycles. The highest BCUT2D eigenvalue weighted by molar-refractivity contribution is 5.90. The molecule has 0 atom stereocenters. The van der Waals surface area contributed by atoms with Crippen molar-refractivity contribution in [1.29, 1.82) is 0 Å². The van der Waals surface area contributed by atoms with Crippen LogP contribution in [0, 0.1) is 0 Å². The van der Waals surface area contributed by atoms with E-state index in [1.165, 1.54) is 63.7 Å². The van der Waals surface area contributed by atoms with E-state index in [1.807, 2.05) is 12.1 Å². The molecule has 3 rings (SSSR count). The van der Waals surface area contributed by atoms with Gasteiger partial charge in [0.25, 0.3) is 0 Å². The number of ether oxygens (including phenoxy) is 1. The number of esters is 1. The number of carbonyl (C=O) groups is 1. The zero-order chi connectivity index (χ0) is 16.2. The van der Waals surface area contributed by atoms with Crippen LogP contribution in [0.3, 0.4) is 0 Å². The van der Waals surface area contributed by atoms with Crippen molar-refractivity contribution < 1.29 is 9.53 Å². The predicted molar refractivity (Wildman–Crippen MR) is 93.2 cm³/mol. The SMILES string of the molecule is CCCCN1CCC(N2CCc3cc(C(=O)OC)ccc32)CC1. The first-order valence-electron chi connectivity index (χ1n) is 8.93. The molecule has 0 aliphatic carbocycles. The number of fused-ring (bicyclic) bond motifs is 1. The summed E-state index contributed by atoms with van der Waals surface area (Å²) in [5.41, 5.74) is 3.29. The van der Waals surface area contributed by atoms with Crippen LogP contribution in [0.15, 0.2) is 18.2 Å². The van der Waals surface area contributed by atoms with Crippen molar-refractivity contribution in [2.45, 2.75) is 45.1 Å². The summed E-state index contributed by atoms with van der Waals surface area (Å²) in [5.74, 6) is -0.240. The minimum Gasteiger partial charge on any atom is -0.465 e. The Morgan fingerprint density at radius 1 is 1.26 bits per heavy atom. The molecular formula is C19H28N2O2. The smallest absolute Gasteiger partial charge is 0.337 e. The zero-order valence-corrected chi connectivity index (χ0v) is 14.4. The quantitative estimate of drug-likeness (QED) is 0.782. The number of unbranched alkanes of at least 4 members (excludes halogenated alkanes) is 1. The topological polar surface area (TPSA) is 32.8 Å². The lowest BCUT2D eigenvalue weighted by Gasteiger charge is -2.38. The maximum absolute atomic E-state index is 11.7. The average molecular weight is 316 g/mol. The van der Waals surface area contributed by atoms with Gasteiger partial charge in [0, 0.05) is 31.4 Å². The van der Waals surface area contributed by atoms with Crippen LogP contribution in [0.4, 0.5) is 5.69 Å². The van der Waals surface area contributed by atoms with Crippen molar-refractivity contribution >= 4 is 11.7 Å². The molecule has 0 radical (unpaired) electrons. The first-order chi connectivity index (χ1) is 11.2. The molecule has 4 nitrogen and oxygen atoms in total.